The summed E-state index contributed by atoms with van der Waals surface area (Å²) in [6.07, 6.45) is 2.47. The lowest BCUT2D eigenvalue weighted by Gasteiger charge is -2.34. The number of likely N-dealkylation sites (tertiary alicyclic amines) is 1. The number of benzene rings is 1. The van der Waals surface area contributed by atoms with Crippen LogP contribution in [0.3, 0.4) is 0 Å². The van der Waals surface area contributed by atoms with Gasteiger partial charge >= 0.3 is 5.97 Å². The maximum atomic E-state index is 12.8. The Labute approximate surface area is 147 Å². The fourth-order valence-corrected chi connectivity index (χ4v) is 2.85. The highest BCUT2D eigenvalue weighted by molar-refractivity contribution is 6.07. The Bertz CT molecular complexity index is 614. The third-order valence-electron chi connectivity index (χ3n) is 4.37. The van der Waals surface area contributed by atoms with Crippen molar-refractivity contribution in [2.45, 2.75) is 44.2 Å². The van der Waals surface area contributed by atoms with Crippen LogP contribution in [0, 0.1) is 0 Å². The number of primary amides is 1. The van der Waals surface area contributed by atoms with Crippen LogP contribution in [0.5, 0.6) is 0 Å². The Balaban J connectivity index is 2.10. The summed E-state index contributed by atoms with van der Waals surface area (Å²) < 4.78 is 5.27. The van der Waals surface area contributed by atoms with Crippen molar-refractivity contribution in [3.05, 3.63) is 35.9 Å². The number of piperidine rings is 1. The molecule has 25 heavy (non-hydrogen) atoms. The molecule has 1 saturated heterocycles. The highest BCUT2D eigenvalue weighted by Crippen LogP contribution is 2.20. The van der Waals surface area contributed by atoms with E-state index in [1.807, 2.05) is 18.2 Å². The number of amides is 2. The van der Waals surface area contributed by atoms with Crippen molar-refractivity contribution < 1.29 is 19.1 Å². The maximum Gasteiger partial charge on any atom is 0.336 e. The van der Waals surface area contributed by atoms with Crippen LogP contribution >= 0.6 is 0 Å². The second-order valence-electron chi connectivity index (χ2n) is 6.35. The van der Waals surface area contributed by atoms with Gasteiger partial charge in [-0.1, -0.05) is 30.3 Å². The molecular weight excluding hydrogens is 322 g/mol. The summed E-state index contributed by atoms with van der Waals surface area (Å²) in [4.78, 5) is 38.1. The van der Waals surface area contributed by atoms with Crippen molar-refractivity contribution in [2.24, 2.45) is 11.5 Å². The van der Waals surface area contributed by atoms with E-state index in [0.717, 1.165) is 24.8 Å². The van der Waals surface area contributed by atoms with Gasteiger partial charge in [0.2, 0.25) is 5.91 Å². The second-order valence-corrected chi connectivity index (χ2v) is 6.35. The lowest BCUT2D eigenvalue weighted by atomic mass is 9.91. The largest absolute Gasteiger partial charge is 0.459 e. The average Bonchev–Trinajstić information content (AvgIpc) is 2.65. The summed E-state index contributed by atoms with van der Waals surface area (Å²) in [5, 5.41) is 0. The molecule has 0 bridgehead atoms. The molecule has 0 spiro atoms. The van der Waals surface area contributed by atoms with Gasteiger partial charge in [0.05, 0.1) is 0 Å². The standard InChI is InChI=1S/C18H25N3O4/c19-15(22)9-10-18(20,16(23)21-11-5-2-6-12-21)17(24)25-13-14-7-3-1-4-8-14/h1,3-4,7-8H,2,5-6,9-13,20H2,(H2,19,22). The first-order valence-electron chi connectivity index (χ1n) is 8.51. The highest BCUT2D eigenvalue weighted by atomic mass is 16.5. The van der Waals surface area contributed by atoms with Gasteiger partial charge < -0.3 is 21.1 Å². The summed E-state index contributed by atoms with van der Waals surface area (Å²) in [6.45, 7) is 1.13. The van der Waals surface area contributed by atoms with Crippen LogP contribution < -0.4 is 11.5 Å². The Morgan fingerprint density at radius 3 is 2.32 bits per heavy atom. The van der Waals surface area contributed by atoms with E-state index < -0.39 is 23.3 Å². The fourth-order valence-electron chi connectivity index (χ4n) is 2.85. The smallest absolute Gasteiger partial charge is 0.336 e. The van der Waals surface area contributed by atoms with E-state index in [-0.39, 0.29) is 19.4 Å². The number of carbonyl (C=O) groups is 3. The van der Waals surface area contributed by atoms with Crippen LogP contribution in [0.2, 0.25) is 0 Å². The van der Waals surface area contributed by atoms with Crippen LogP contribution in [-0.2, 0) is 25.7 Å². The van der Waals surface area contributed by atoms with E-state index in [1.54, 1.807) is 17.0 Å². The monoisotopic (exact) mass is 347 g/mol. The predicted molar refractivity (Wildman–Crippen MR) is 92.0 cm³/mol. The lowest BCUT2D eigenvalue weighted by Crippen LogP contribution is -2.62. The first-order valence-corrected chi connectivity index (χ1v) is 8.51. The van der Waals surface area contributed by atoms with Crippen LogP contribution in [0.15, 0.2) is 30.3 Å². The average molecular weight is 347 g/mol. The van der Waals surface area contributed by atoms with Crippen LogP contribution in [-0.4, -0.2) is 41.3 Å². The fraction of sp³-hybridized carbons (Fsp3) is 0.500. The van der Waals surface area contributed by atoms with Gasteiger partial charge in [-0.05, 0) is 31.2 Å². The molecule has 2 rings (SSSR count). The molecule has 0 saturated carbocycles. The van der Waals surface area contributed by atoms with Gasteiger partial charge in [0, 0.05) is 19.5 Å². The third kappa shape index (κ3) is 5.03. The molecule has 2 amide bonds. The van der Waals surface area contributed by atoms with Crippen molar-refractivity contribution in [1.82, 2.24) is 4.90 Å². The Morgan fingerprint density at radius 1 is 1.08 bits per heavy atom. The normalized spacial score (nSPS) is 16.8. The quantitative estimate of drug-likeness (QED) is 0.556. The van der Waals surface area contributed by atoms with Crippen molar-refractivity contribution in [3.8, 4) is 0 Å². The summed E-state index contributed by atoms with van der Waals surface area (Å²) in [5.74, 6) is -1.93. The maximum absolute atomic E-state index is 12.8. The number of nitrogens with two attached hydrogens (primary N) is 2. The zero-order valence-corrected chi connectivity index (χ0v) is 14.3. The number of esters is 1. The molecule has 0 aliphatic carbocycles. The van der Waals surface area contributed by atoms with Gasteiger partial charge in [-0.25, -0.2) is 4.79 Å². The topological polar surface area (TPSA) is 116 Å². The molecule has 1 aliphatic heterocycles. The number of nitrogens with zero attached hydrogens (tertiary/aromatic N) is 1. The van der Waals surface area contributed by atoms with Crippen LogP contribution in [0.4, 0.5) is 0 Å². The van der Waals surface area contributed by atoms with Gasteiger partial charge in [-0.2, -0.15) is 0 Å². The molecule has 1 aliphatic rings. The van der Waals surface area contributed by atoms with Crippen molar-refractivity contribution in [3.63, 3.8) is 0 Å². The third-order valence-corrected chi connectivity index (χ3v) is 4.37. The molecule has 7 nitrogen and oxygen atoms in total. The minimum Gasteiger partial charge on any atom is -0.459 e. The van der Waals surface area contributed by atoms with Crippen LogP contribution in [0.1, 0.15) is 37.7 Å². The van der Waals surface area contributed by atoms with Crippen LogP contribution in [0.25, 0.3) is 0 Å². The van der Waals surface area contributed by atoms with Gasteiger partial charge in [-0.3, -0.25) is 9.59 Å². The van der Waals surface area contributed by atoms with E-state index in [9.17, 15) is 14.4 Å². The molecule has 1 fully saturated rings. The van der Waals surface area contributed by atoms with E-state index in [1.165, 1.54) is 0 Å². The van der Waals surface area contributed by atoms with Gasteiger partial charge in [0.1, 0.15) is 6.61 Å². The molecule has 1 unspecified atom stereocenters. The Morgan fingerprint density at radius 2 is 1.72 bits per heavy atom. The molecule has 1 aromatic rings. The zero-order valence-electron chi connectivity index (χ0n) is 14.3. The van der Waals surface area contributed by atoms with Gasteiger partial charge in [-0.15, -0.1) is 0 Å². The molecule has 1 aromatic carbocycles. The first kappa shape index (κ1) is 18.9. The number of hydrogen-bond acceptors (Lipinski definition) is 5. The SMILES string of the molecule is NC(=O)CCC(N)(C(=O)OCc1ccccc1)C(=O)N1CCCCC1. The summed E-state index contributed by atoms with van der Waals surface area (Å²) in [5.41, 5.74) is 10.2. The minimum absolute atomic E-state index is 0.0163. The minimum atomic E-state index is -1.89. The van der Waals surface area contributed by atoms with Crippen molar-refractivity contribution >= 4 is 17.8 Å². The summed E-state index contributed by atoms with van der Waals surface area (Å²) in [7, 11) is 0. The van der Waals surface area contributed by atoms with E-state index >= 15 is 0 Å². The van der Waals surface area contributed by atoms with Gasteiger partial charge in [0.25, 0.3) is 5.91 Å². The molecule has 4 N–H and O–H groups in total. The second kappa shape index (κ2) is 8.62. The molecule has 1 heterocycles. The van der Waals surface area contributed by atoms with E-state index in [4.69, 9.17) is 16.2 Å². The summed E-state index contributed by atoms with van der Waals surface area (Å²) >= 11 is 0. The van der Waals surface area contributed by atoms with E-state index in [2.05, 4.69) is 0 Å². The molecule has 0 radical (unpaired) electrons. The molecule has 7 heteroatoms. The highest BCUT2D eigenvalue weighted by Gasteiger charge is 2.46. The van der Waals surface area contributed by atoms with Crippen molar-refractivity contribution in [1.29, 1.82) is 0 Å². The summed E-state index contributed by atoms with van der Waals surface area (Å²) in [6, 6.07) is 9.11. The lowest BCUT2D eigenvalue weighted by molar-refractivity contribution is -0.160. The number of carbonyl (C=O) groups excluding carboxylic acids is 3. The number of rotatable bonds is 7. The molecule has 1 atom stereocenters. The number of ether oxygens (including phenoxy) is 1. The van der Waals surface area contributed by atoms with Gasteiger partial charge in [0.15, 0.2) is 5.54 Å². The van der Waals surface area contributed by atoms with Crippen molar-refractivity contribution in [2.75, 3.05) is 13.1 Å². The number of hydrogen-bond donors (Lipinski definition) is 2. The van der Waals surface area contributed by atoms with E-state index in [0.29, 0.717) is 13.1 Å². The predicted octanol–water partition coefficient (Wildman–Crippen LogP) is 0.705. The molecule has 136 valence electrons. The zero-order chi connectivity index (χ0) is 18.3. The Hall–Kier alpha value is -2.41. The first-order chi connectivity index (χ1) is 11.9. The Kier molecular flexibility index (Phi) is 6.52. The molecular formula is C18H25N3O4. The molecule has 0 aromatic heterocycles.